The van der Waals surface area contributed by atoms with E-state index in [1.807, 2.05) is 6.07 Å². The van der Waals surface area contributed by atoms with Gasteiger partial charge in [-0.25, -0.2) is 4.39 Å². The molecule has 162 valence electrons. The van der Waals surface area contributed by atoms with Crippen molar-refractivity contribution in [3.05, 3.63) is 88.7 Å². The molecule has 3 aromatic rings. The fourth-order valence-corrected chi connectivity index (χ4v) is 4.40. The summed E-state index contributed by atoms with van der Waals surface area (Å²) in [5, 5.41) is 0. The third-order valence-corrected chi connectivity index (χ3v) is 5.94. The summed E-state index contributed by atoms with van der Waals surface area (Å²) in [5.74, 6) is -0.228. The molecule has 0 heterocycles. The molecule has 5 heteroatoms. The summed E-state index contributed by atoms with van der Waals surface area (Å²) in [5.41, 5.74) is 5.28. The lowest BCUT2D eigenvalue weighted by atomic mass is 9.79. The number of hydrogen-bond acceptors (Lipinski definition) is 1. The summed E-state index contributed by atoms with van der Waals surface area (Å²) < 4.78 is 56.2. The van der Waals surface area contributed by atoms with Crippen molar-refractivity contribution in [2.75, 3.05) is 0 Å². The van der Waals surface area contributed by atoms with Crippen molar-refractivity contribution in [2.24, 2.45) is 0 Å². The molecule has 0 aromatic heterocycles. The van der Waals surface area contributed by atoms with Crippen LogP contribution in [0, 0.1) is 5.82 Å². The van der Waals surface area contributed by atoms with Gasteiger partial charge in [0.05, 0.1) is 0 Å². The van der Waals surface area contributed by atoms with Gasteiger partial charge >= 0.3 is 6.36 Å². The molecule has 0 aliphatic heterocycles. The molecule has 31 heavy (non-hydrogen) atoms. The Morgan fingerprint density at radius 3 is 2.29 bits per heavy atom. The lowest BCUT2D eigenvalue weighted by Gasteiger charge is -2.26. The van der Waals surface area contributed by atoms with Crippen LogP contribution in [0.5, 0.6) is 5.75 Å². The number of alkyl halides is 3. The second-order valence-corrected chi connectivity index (χ2v) is 8.07. The predicted octanol–water partition coefficient (Wildman–Crippen LogP) is 7.62. The zero-order valence-corrected chi connectivity index (χ0v) is 17.3. The summed E-state index contributed by atoms with van der Waals surface area (Å²) in [7, 11) is 0. The van der Waals surface area contributed by atoms with Crippen LogP contribution in [0.2, 0.25) is 0 Å². The second-order valence-electron chi connectivity index (χ2n) is 8.07. The largest absolute Gasteiger partial charge is 0.573 e. The monoisotopic (exact) mass is 428 g/mol. The van der Waals surface area contributed by atoms with Gasteiger partial charge in [0.15, 0.2) is 0 Å². The third-order valence-electron chi connectivity index (χ3n) is 5.94. The molecule has 1 atom stereocenters. The molecule has 0 fully saturated rings. The average molecular weight is 428 g/mol. The van der Waals surface area contributed by atoms with Gasteiger partial charge in [0.2, 0.25) is 0 Å². The second kappa shape index (κ2) is 8.74. The summed E-state index contributed by atoms with van der Waals surface area (Å²) in [6, 6.07) is 17.7. The maximum atomic E-state index is 15.3. The summed E-state index contributed by atoms with van der Waals surface area (Å²) in [6.07, 6.45) is -0.241. The summed E-state index contributed by atoms with van der Waals surface area (Å²) in [6.45, 7) is 2.17. The fourth-order valence-electron chi connectivity index (χ4n) is 4.40. The van der Waals surface area contributed by atoms with E-state index in [1.54, 1.807) is 6.07 Å². The maximum absolute atomic E-state index is 15.3. The van der Waals surface area contributed by atoms with Gasteiger partial charge in [-0.15, -0.1) is 13.2 Å². The molecule has 0 bridgehead atoms. The molecule has 0 saturated carbocycles. The van der Waals surface area contributed by atoms with Gasteiger partial charge in [-0.2, -0.15) is 0 Å². The predicted molar refractivity (Wildman–Crippen MR) is 114 cm³/mol. The number of aryl methyl sites for hydroxylation is 1. The first-order chi connectivity index (χ1) is 14.8. The highest BCUT2D eigenvalue weighted by molar-refractivity contribution is 5.67. The first-order valence-electron chi connectivity index (χ1n) is 10.6. The maximum Gasteiger partial charge on any atom is 0.573 e. The zero-order valence-electron chi connectivity index (χ0n) is 17.3. The van der Waals surface area contributed by atoms with Crippen molar-refractivity contribution in [3.8, 4) is 16.9 Å². The third kappa shape index (κ3) is 4.92. The number of ether oxygens (including phenoxy) is 1. The molecular weight excluding hydrogens is 404 g/mol. The van der Waals surface area contributed by atoms with Gasteiger partial charge in [-0.05, 0) is 71.6 Å². The Morgan fingerprint density at radius 1 is 0.935 bits per heavy atom. The van der Waals surface area contributed by atoms with E-state index in [-0.39, 0.29) is 11.6 Å². The number of benzene rings is 3. The Morgan fingerprint density at radius 2 is 1.65 bits per heavy atom. The molecule has 1 aliphatic rings. The smallest absolute Gasteiger partial charge is 0.406 e. The van der Waals surface area contributed by atoms with Crippen molar-refractivity contribution >= 4 is 0 Å². The normalized spacial score (nSPS) is 16.1. The van der Waals surface area contributed by atoms with Crippen molar-refractivity contribution in [1.29, 1.82) is 0 Å². The van der Waals surface area contributed by atoms with Crippen LogP contribution < -0.4 is 4.74 Å². The SMILES string of the molecule is CCCc1ccc(C2CCc3c(ccc(-c4ccc(OC(F)(F)F)cc4)c3F)C2)cc1. The molecule has 4 rings (SSSR count). The average Bonchev–Trinajstić information content (AvgIpc) is 2.74. The highest BCUT2D eigenvalue weighted by atomic mass is 19.4. The van der Waals surface area contributed by atoms with Crippen LogP contribution in [0.25, 0.3) is 11.1 Å². The summed E-state index contributed by atoms with van der Waals surface area (Å²) in [4.78, 5) is 0. The van der Waals surface area contributed by atoms with Crippen LogP contribution in [0.15, 0.2) is 60.7 Å². The fraction of sp³-hybridized carbons (Fsp3) is 0.308. The van der Waals surface area contributed by atoms with Gasteiger partial charge in [-0.3, -0.25) is 0 Å². The van der Waals surface area contributed by atoms with Crippen LogP contribution in [0.4, 0.5) is 17.6 Å². The number of halogens is 4. The van der Waals surface area contributed by atoms with E-state index >= 15 is 4.39 Å². The van der Waals surface area contributed by atoms with Crippen molar-refractivity contribution in [3.63, 3.8) is 0 Å². The van der Waals surface area contributed by atoms with E-state index in [0.29, 0.717) is 29.0 Å². The lowest BCUT2D eigenvalue weighted by molar-refractivity contribution is -0.274. The van der Waals surface area contributed by atoms with Crippen LogP contribution in [0.3, 0.4) is 0 Å². The molecule has 0 saturated heterocycles. The van der Waals surface area contributed by atoms with Crippen molar-refractivity contribution in [2.45, 2.75) is 51.3 Å². The molecule has 3 aromatic carbocycles. The Balaban J connectivity index is 1.53. The van der Waals surface area contributed by atoms with E-state index in [1.165, 1.54) is 35.4 Å². The van der Waals surface area contributed by atoms with E-state index in [9.17, 15) is 13.2 Å². The van der Waals surface area contributed by atoms with Crippen LogP contribution >= 0.6 is 0 Å². The minimum atomic E-state index is -4.74. The molecule has 0 amide bonds. The van der Waals surface area contributed by atoms with E-state index in [4.69, 9.17) is 0 Å². The minimum absolute atomic E-state index is 0.279. The number of fused-ring (bicyclic) bond motifs is 1. The van der Waals surface area contributed by atoms with Crippen molar-refractivity contribution < 1.29 is 22.3 Å². The quantitative estimate of drug-likeness (QED) is 0.380. The standard InChI is InChI=1S/C26H24F4O/c1-2-3-17-4-6-18(7-5-17)20-10-14-24-21(16-20)11-15-23(25(24)27)19-8-12-22(13-9-19)31-26(28,29)30/h4-9,11-13,15,20H,2-3,10,14,16H2,1H3. The number of rotatable bonds is 5. The zero-order chi connectivity index (χ0) is 22.0. The molecule has 0 radical (unpaired) electrons. The Bertz CT molecular complexity index is 1040. The Labute approximate surface area is 179 Å². The topological polar surface area (TPSA) is 9.23 Å². The first-order valence-corrected chi connectivity index (χ1v) is 10.6. The molecule has 1 unspecified atom stereocenters. The van der Waals surface area contributed by atoms with Crippen LogP contribution in [-0.2, 0) is 19.3 Å². The molecule has 1 aliphatic carbocycles. The van der Waals surface area contributed by atoms with Crippen LogP contribution in [-0.4, -0.2) is 6.36 Å². The van der Waals surface area contributed by atoms with E-state index in [0.717, 1.165) is 31.2 Å². The highest BCUT2D eigenvalue weighted by Gasteiger charge is 2.31. The van der Waals surface area contributed by atoms with Gasteiger partial charge in [-0.1, -0.05) is 61.9 Å². The first kappa shape index (κ1) is 21.4. The minimum Gasteiger partial charge on any atom is -0.406 e. The van der Waals surface area contributed by atoms with Gasteiger partial charge in [0.1, 0.15) is 11.6 Å². The van der Waals surface area contributed by atoms with Gasteiger partial charge in [0.25, 0.3) is 0 Å². The Kier molecular flexibility index (Phi) is 6.03. The number of hydrogen-bond donors (Lipinski definition) is 0. The molecule has 0 spiro atoms. The van der Waals surface area contributed by atoms with Crippen molar-refractivity contribution in [1.82, 2.24) is 0 Å². The summed E-state index contributed by atoms with van der Waals surface area (Å²) >= 11 is 0. The van der Waals surface area contributed by atoms with E-state index in [2.05, 4.69) is 35.9 Å². The molecule has 0 N–H and O–H groups in total. The molecule has 1 nitrogen and oxygen atoms in total. The van der Waals surface area contributed by atoms with Gasteiger partial charge < -0.3 is 4.74 Å². The Hall–Kier alpha value is -2.82. The highest BCUT2D eigenvalue weighted by Crippen LogP contribution is 2.37. The molecular formula is C26H24F4O. The van der Waals surface area contributed by atoms with Crippen LogP contribution in [0.1, 0.15) is 47.9 Å². The lowest BCUT2D eigenvalue weighted by Crippen LogP contribution is -2.17. The van der Waals surface area contributed by atoms with E-state index < -0.39 is 6.36 Å². The van der Waals surface area contributed by atoms with Gasteiger partial charge in [0, 0.05) is 5.56 Å².